The van der Waals surface area contributed by atoms with E-state index in [1.54, 1.807) is 0 Å². The summed E-state index contributed by atoms with van der Waals surface area (Å²) in [5.41, 5.74) is 0. The largest absolute Gasteiger partial charge is 0.376 e. The Hall–Kier alpha value is -0.710. The van der Waals surface area contributed by atoms with Crippen LogP contribution in [0.15, 0.2) is 29.2 Å². The zero-order chi connectivity index (χ0) is 12.8. The van der Waals surface area contributed by atoms with E-state index in [-0.39, 0.29) is 12.0 Å². The molecule has 1 aliphatic heterocycles. The molecule has 0 spiro atoms. The first-order valence-corrected chi connectivity index (χ1v) is 7.37. The van der Waals surface area contributed by atoms with Crippen molar-refractivity contribution in [1.29, 1.82) is 0 Å². The van der Waals surface area contributed by atoms with Gasteiger partial charge in [0.15, 0.2) is 0 Å². The first kappa shape index (κ1) is 13.7. The summed E-state index contributed by atoms with van der Waals surface area (Å²) in [6, 6.07) is 7.49. The van der Waals surface area contributed by atoms with Gasteiger partial charge < -0.3 is 10.1 Å². The number of benzene rings is 1. The first-order valence-electron chi connectivity index (χ1n) is 6.01. The summed E-state index contributed by atoms with van der Waals surface area (Å²) < 4.78 is 5.44. The molecule has 1 atom stereocenters. The zero-order valence-electron chi connectivity index (χ0n) is 10.0. The Balaban J connectivity index is 1.66. The lowest BCUT2D eigenvalue weighted by Gasteiger charge is -2.10. The molecular formula is C13H16ClNO2S. The molecule has 0 bridgehead atoms. The van der Waals surface area contributed by atoms with Gasteiger partial charge in [-0.25, -0.2) is 0 Å². The fraction of sp³-hybridized carbons (Fsp3) is 0.462. The second kappa shape index (κ2) is 7.02. The van der Waals surface area contributed by atoms with E-state index in [9.17, 15) is 4.79 Å². The average Bonchev–Trinajstić information content (AvgIpc) is 2.89. The third kappa shape index (κ3) is 4.52. The molecule has 0 aliphatic carbocycles. The number of halogens is 1. The van der Waals surface area contributed by atoms with Crippen molar-refractivity contribution in [2.24, 2.45) is 0 Å². The van der Waals surface area contributed by atoms with E-state index in [4.69, 9.17) is 16.3 Å². The van der Waals surface area contributed by atoms with Gasteiger partial charge in [0.05, 0.1) is 11.9 Å². The monoisotopic (exact) mass is 285 g/mol. The molecule has 1 saturated heterocycles. The van der Waals surface area contributed by atoms with Crippen molar-refractivity contribution in [3.8, 4) is 0 Å². The number of amides is 1. The molecule has 1 unspecified atom stereocenters. The van der Waals surface area contributed by atoms with Crippen LogP contribution in [0.3, 0.4) is 0 Å². The summed E-state index contributed by atoms with van der Waals surface area (Å²) in [5, 5.41) is 3.61. The van der Waals surface area contributed by atoms with E-state index >= 15 is 0 Å². The SMILES string of the molecule is O=C(CSc1ccc(Cl)cc1)NCC1CCCO1. The number of thioether (sulfide) groups is 1. The van der Waals surface area contributed by atoms with Gasteiger partial charge in [-0.15, -0.1) is 11.8 Å². The van der Waals surface area contributed by atoms with Gasteiger partial charge in [-0.05, 0) is 37.1 Å². The van der Waals surface area contributed by atoms with E-state index in [1.165, 1.54) is 11.8 Å². The van der Waals surface area contributed by atoms with Crippen LogP contribution in [0.5, 0.6) is 0 Å². The van der Waals surface area contributed by atoms with E-state index < -0.39 is 0 Å². The fourth-order valence-corrected chi connectivity index (χ4v) is 2.62. The molecule has 0 aromatic heterocycles. The lowest BCUT2D eigenvalue weighted by Crippen LogP contribution is -2.32. The molecule has 18 heavy (non-hydrogen) atoms. The summed E-state index contributed by atoms with van der Waals surface area (Å²) in [4.78, 5) is 12.7. The van der Waals surface area contributed by atoms with Gasteiger partial charge in [-0.2, -0.15) is 0 Å². The van der Waals surface area contributed by atoms with E-state index in [0.717, 1.165) is 24.3 Å². The maximum Gasteiger partial charge on any atom is 0.230 e. The van der Waals surface area contributed by atoms with Crippen molar-refractivity contribution in [2.75, 3.05) is 18.9 Å². The Morgan fingerprint density at radius 3 is 2.89 bits per heavy atom. The highest BCUT2D eigenvalue weighted by atomic mass is 35.5. The smallest absolute Gasteiger partial charge is 0.230 e. The Kier molecular flexibility index (Phi) is 5.35. The molecule has 1 aromatic carbocycles. The van der Waals surface area contributed by atoms with Crippen molar-refractivity contribution < 1.29 is 9.53 Å². The minimum atomic E-state index is 0.0467. The highest BCUT2D eigenvalue weighted by molar-refractivity contribution is 8.00. The Bertz CT molecular complexity index is 390. The molecule has 3 nitrogen and oxygen atoms in total. The number of carbonyl (C=O) groups excluding carboxylic acids is 1. The number of ether oxygens (including phenoxy) is 1. The highest BCUT2D eigenvalue weighted by Crippen LogP contribution is 2.20. The minimum Gasteiger partial charge on any atom is -0.376 e. The minimum absolute atomic E-state index is 0.0467. The predicted octanol–water partition coefficient (Wildman–Crippen LogP) is 2.73. The van der Waals surface area contributed by atoms with E-state index in [2.05, 4.69) is 5.32 Å². The third-order valence-electron chi connectivity index (χ3n) is 2.73. The van der Waals surface area contributed by atoms with Crippen LogP contribution in [-0.4, -0.2) is 30.9 Å². The highest BCUT2D eigenvalue weighted by Gasteiger charge is 2.15. The van der Waals surface area contributed by atoms with Crippen LogP contribution in [0.2, 0.25) is 5.02 Å². The molecule has 1 amide bonds. The van der Waals surface area contributed by atoms with Gasteiger partial charge in [0, 0.05) is 23.1 Å². The maximum atomic E-state index is 11.6. The standard InChI is InChI=1S/C13H16ClNO2S/c14-10-3-5-12(6-4-10)18-9-13(16)15-8-11-2-1-7-17-11/h3-6,11H,1-2,7-9H2,(H,15,16). The Morgan fingerprint density at radius 1 is 1.44 bits per heavy atom. The molecule has 2 rings (SSSR count). The molecule has 0 radical (unpaired) electrons. The molecule has 1 N–H and O–H groups in total. The number of nitrogens with one attached hydrogen (secondary N) is 1. The van der Waals surface area contributed by atoms with Crippen LogP contribution >= 0.6 is 23.4 Å². The summed E-state index contributed by atoms with van der Waals surface area (Å²) in [6.45, 7) is 1.44. The van der Waals surface area contributed by atoms with Crippen LogP contribution in [0.25, 0.3) is 0 Å². The molecular weight excluding hydrogens is 270 g/mol. The van der Waals surface area contributed by atoms with Gasteiger partial charge in [0.25, 0.3) is 0 Å². The van der Waals surface area contributed by atoms with Crippen molar-refractivity contribution in [3.63, 3.8) is 0 Å². The number of hydrogen-bond donors (Lipinski definition) is 1. The normalized spacial score (nSPS) is 18.8. The molecule has 1 aromatic rings. The quantitative estimate of drug-likeness (QED) is 0.846. The second-order valence-electron chi connectivity index (χ2n) is 4.18. The number of hydrogen-bond acceptors (Lipinski definition) is 3. The van der Waals surface area contributed by atoms with Crippen LogP contribution in [-0.2, 0) is 9.53 Å². The van der Waals surface area contributed by atoms with Gasteiger partial charge in [0.1, 0.15) is 0 Å². The third-order valence-corrected chi connectivity index (χ3v) is 4.00. The molecule has 1 fully saturated rings. The summed E-state index contributed by atoms with van der Waals surface area (Å²) >= 11 is 7.30. The van der Waals surface area contributed by atoms with E-state index in [0.29, 0.717) is 17.3 Å². The summed E-state index contributed by atoms with van der Waals surface area (Å²) in [5.74, 6) is 0.472. The molecule has 1 aliphatic rings. The molecule has 1 heterocycles. The van der Waals surface area contributed by atoms with Crippen LogP contribution in [0.4, 0.5) is 0 Å². The van der Waals surface area contributed by atoms with Crippen molar-refractivity contribution in [1.82, 2.24) is 5.32 Å². The average molecular weight is 286 g/mol. The zero-order valence-corrected chi connectivity index (χ0v) is 11.6. The van der Waals surface area contributed by atoms with Gasteiger partial charge >= 0.3 is 0 Å². The van der Waals surface area contributed by atoms with Gasteiger partial charge in [0.2, 0.25) is 5.91 Å². The lowest BCUT2D eigenvalue weighted by atomic mass is 10.2. The fourth-order valence-electron chi connectivity index (χ4n) is 1.76. The van der Waals surface area contributed by atoms with Crippen molar-refractivity contribution in [3.05, 3.63) is 29.3 Å². The lowest BCUT2D eigenvalue weighted by molar-refractivity contribution is -0.119. The summed E-state index contributed by atoms with van der Waals surface area (Å²) in [7, 11) is 0. The number of carbonyl (C=O) groups is 1. The maximum absolute atomic E-state index is 11.6. The number of rotatable bonds is 5. The van der Waals surface area contributed by atoms with Crippen molar-refractivity contribution in [2.45, 2.75) is 23.8 Å². The molecule has 98 valence electrons. The Morgan fingerprint density at radius 2 is 2.22 bits per heavy atom. The Labute approximate surface area is 116 Å². The van der Waals surface area contributed by atoms with Crippen molar-refractivity contribution >= 4 is 29.3 Å². The van der Waals surface area contributed by atoms with Gasteiger partial charge in [-0.3, -0.25) is 4.79 Å². The summed E-state index contributed by atoms with van der Waals surface area (Å²) in [6.07, 6.45) is 2.35. The van der Waals surface area contributed by atoms with Crippen LogP contribution in [0, 0.1) is 0 Å². The first-order chi connectivity index (χ1) is 8.74. The van der Waals surface area contributed by atoms with E-state index in [1.807, 2.05) is 24.3 Å². The molecule has 5 heteroatoms. The topological polar surface area (TPSA) is 38.3 Å². The second-order valence-corrected chi connectivity index (χ2v) is 5.67. The van der Waals surface area contributed by atoms with Crippen LogP contribution < -0.4 is 5.32 Å². The van der Waals surface area contributed by atoms with Crippen LogP contribution in [0.1, 0.15) is 12.8 Å². The molecule has 0 saturated carbocycles. The predicted molar refractivity (Wildman–Crippen MR) is 74.2 cm³/mol. The van der Waals surface area contributed by atoms with Gasteiger partial charge in [-0.1, -0.05) is 11.6 Å².